The summed E-state index contributed by atoms with van der Waals surface area (Å²) in [5.41, 5.74) is 1.77. The minimum Gasteiger partial charge on any atom is -0.466 e. The SMILES string of the molecule is COC(=O)C1=C(Nc2cccc(C(=O)c3ccccc3)c2)C(=O)N(CCO)C1. The van der Waals surface area contributed by atoms with Crippen LogP contribution >= 0.6 is 0 Å². The molecule has 0 saturated heterocycles. The summed E-state index contributed by atoms with van der Waals surface area (Å²) in [6.45, 7) is -0.0530. The first-order valence-corrected chi connectivity index (χ1v) is 8.73. The van der Waals surface area contributed by atoms with E-state index in [-0.39, 0.29) is 36.7 Å². The molecule has 0 aliphatic carbocycles. The van der Waals surface area contributed by atoms with Crippen LogP contribution in [-0.4, -0.2) is 54.5 Å². The summed E-state index contributed by atoms with van der Waals surface area (Å²) in [6.07, 6.45) is 0. The number of anilines is 1. The van der Waals surface area contributed by atoms with E-state index in [9.17, 15) is 14.4 Å². The molecule has 1 heterocycles. The summed E-state index contributed by atoms with van der Waals surface area (Å²) in [4.78, 5) is 38.6. The highest BCUT2D eigenvalue weighted by Gasteiger charge is 2.34. The van der Waals surface area contributed by atoms with E-state index in [1.165, 1.54) is 12.0 Å². The molecule has 0 aromatic heterocycles. The summed E-state index contributed by atoms with van der Waals surface area (Å²) in [7, 11) is 1.24. The number of hydrogen-bond donors (Lipinski definition) is 2. The monoisotopic (exact) mass is 380 g/mol. The summed E-state index contributed by atoms with van der Waals surface area (Å²) in [5.74, 6) is -1.17. The molecule has 0 unspecified atom stereocenters. The number of aliphatic hydroxyl groups excluding tert-OH is 1. The predicted octanol–water partition coefficient (Wildman–Crippen LogP) is 1.59. The highest BCUT2D eigenvalue weighted by atomic mass is 16.5. The van der Waals surface area contributed by atoms with Crippen LogP contribution in [0, 0.1) is 0 Å². The first kappa shape index (κ1) is 19.3. The van der Waals surface area contributed by atoms with E-state index in [0.29, 0.717) is 16.8 Å². The molecule has 0 fully saturated rings. The molecule has 0 bridgehead atoms. The van der Waals surface area contributed by atoms with Gasteiger partial charge >= 0.3 is 5.97 Å². The number of esters is 1. The van der Waals surface area contributed by atoms with Gasteiger partial charge in [-0.3, -0.25) is 9.59 Å². The molecule has 28 heavy (non-hydrogen) atoms. The lowest BCUT2D eigenvalue weighted by Gasteiger charge is -2.15. The van der Waals surface area contributed by atoms with Gasteiger partial charge in [0.05, 0.1) is 25.8 Å². The molecule has 0 radical (unpaired) electrons. The first-order chi connectivity index (χ1) is 13.5. The lowest BCUT2D eigenvalue weighted by Crippen LogP contribution is -2.31. The van der Waals surface area contributed by atoms with Gasteiger partial charge in [0.15, 0.2) is 5.78 Å². The molecule has 1 aliphatic heterocycles. The Kier molecular flexibility index (Phi) is 5.86. The van der Waals surface area contributed by atoms with Crippen LogP contribution < -0.4 is 5.32 Å². The van der Waals surface area contributed by atoms with Crippen LogP contribution in [0.1, 0.15) is 15.9 Å². The van der Waals surface area contributed by atoms with Crippen molar-refractivity contribution < 1.29 is 24.2 Å². The Morgan fingerprint density at radius 1 is 1.11 bits per heavy atom. The van der Waals surface area contributed by atoms with E-state index >= 15 is 0 Å². The van der Waals surface area contributed by atoms with Crippen molar-refractivity contribution in [2.75, 3.05) is 32.1 Å². The molecular formula is C21H20N2O5. The molecule has 0 atom stereocenters. The number of β-amino-alcohol motifs (C(OH)–C–C–N with tert-alkyl or cyclic N) is 1. The average Bonchev–Trinajstić information content (AvgIpc) is 3.03. The highest BCUT2D eigenvalue weighted by molar-refractivity contribution is 6.10. The van der Waals surface area contributed by atoms with Gasteiger partial charge in [-0.05, 0) is 12.1 Å². The summed E-state index contributed by atoms with van der Waals surface area (Å²) < 4.78 is 4.76. The molecule has 3 rings (SSSR count). The van der Waals surface area contributed by atoms with Crippen molar-refractivity contribution >= 4 is 23.3 Å². The predicted molar refractivity (Wildman–Crippen MR) is 103 cm³/mol. The molecule has 0 spiro atoms. The minimum absolute atomic E-state index is 0.0526. The molecule has 1 amide bonds. The molecular weight excluding hydrogens is 360 g/mol. The number of carbonyl (C=O) groups excluding carboxylic acids is 3. The molecule has 7 heteroatoms. The second-order valence-corrected chi connectivity index (χ2v) is 6.20. The van der Waals surface area contributed by atoms with Crippen LogP contribution in [0.15, 0.2) is 65.9 Å². The maximum atomic E-state index is 12.6. The van der Waals surface area contributed by atoms with Crippen molar-refractivity contribution in [2.24, 2.45) is 0 Å². The van der Waals surface area contributed by atoms with Gasteiger partial charge in [-0.25, -0.2) is 4.79 Å². The Hall–Kier alpha value is -3.45. The number of benzene rings is 2. The summed E-state index contributed by atoms with van der Waals surface area (Å²) >= 11 is 0. The van der Waals surface area contributed by atoms with E-state index in [0.717, 1.165) is 0 Å². The number of hydrogen-bond acceptors (Lipinski definition) is 6. The van der Waals surface area contributed by atoms with E-state index in [2.05, 4.69) is 5.32 Å². The zero-order valence-electron chi connectivity index (χ0n) is 15.3. The van der Waals surface area contributed by atoms with Crippen LogP contribution in [0.2, 0.25) is 0 Å². The number of ether oxygens (including phenoxy) is 1. The number of aliphatic hydroxyl groups is 1. The van der Waals surface area contributed by atoms with Crippen LogP contribution in [0.4, 0.5) is 5.69 Å². The zero-order chi connectivity index (χ0) is 20.1. The molecule has 2 aromatic carbocycles. The molecule has 2 N–H and O–H groups in total. The van der Waals surface area contributed by atoms with Crippen molar-refractivity contribution in [3.8, 4) is 0 Å². The average molecular weight is 380 g/mol. The Morgan fingerprint density at radius 3 is 2.50 bits per heavy atom. The smallest absolute Gasteiger partial charge is 0.337 e. The number of nitrogens with zero attached hydrogens (tertiary/aromatic N) is 1. The Labute approximate surface area is 162 Å². The number of ketones is 1. The van der Waals surface area contributed by atoms with Crippen molar-refractivity contribution in [2.45, 2.75) is 0 Å². The van der Waals surface area contributed by atoms with Gasteiger partial charge in [0.25, 0.3) is 5.91 Å². The van der Waals surface area contributed by atoms with Crippen molar-refractivity contribution in [1.82, 2.24) is 4.90 Å². The maximum absolute atomic E-state index is 12.6. The van der Waals surface area contributed by atoms with Crippen molar-refractivity contribution in [3.05, 3.63) is 77.0 Å². The molecule has 7 nitrogen and oxygen atoms in total. The molecule has 144 valence electrons. The number of carbonyl (C=O) groups is 3. The third-order valence-electron chi connectivity index (χ3n) is 4.38. The van der Waals surface area contributed by atoms with Gasteiger partial charge in [-0.15, -0.1) is 0 Å². The van der Waals surface area contributed by atoms with Gasteiger partial charge in [0, 0.05) is 23.4 Å². The van der Waals surface area contributed by atoms with E-state index in [4.69, 9.17) is 9.84 Å². The fraction of sp³-hybridized carbons (Fsp3) is 0.190. The normalized spacial score (nSPS) is 13.6. The quantitative estimate of drug-likeness (QED) is 0.559. The standard InChI is InChI=1S/C21H20N2O5/c1-28-21(27)17-13-23(10-11-24)20(26)18(17)22-16-9-5-8-15(12-16)19(25)14-6-3-2-4-7-14/h2-9,12,22,24H,10-11,13H2,1H3. The van der Waals surface area contributed by atoms with Gasteiger partial charge in [-0.1, -0.05) is 42.5 Å². The second-order valence-electron chi connectivity index (χ2n) is 6.20. The molecule has 0 saturated carbocycles. The third kappa shape index (κ3) is 3.94. The number of methoxy groups -OCH3 is 1. The Bertz CT molecular complexity index is 937. The van der Waals surface area contributed by atoms with Gasteiger partial charge in [0.2, 0.25) is 0 Å². The van der Waals surface area contributed by atoms with Gasteiger partial charge in [-0.2, -0.15) is 0 Å². The van der Waals surface area contributed by atoms with Crippen molar-refractivity contribution in [3.63, 3.8) is 0 Å². The molecule has 1 aliphatic rings. The lowest BCUT2D eigenvalue weighted by molar-refractivity contribution is -0.136. The number of rotatable bonds is 7. The topological polar surface area (TPSA) is 95.9 Å². The second kappa shape index (κ2) is 8.49. The van der Waals surface area contributed by atoms with Gasteiger partial charge < -0.3 is 20.1 Å². The maximum Gasteiger partial charge on any atom is 0.337 e. The number of amides is 1. The van der Waals surface area contributed by atoms with E-state index < -0.39 is 11.9 Å². The highest BCUT2D eigenvalue weighted by Crippen LogP contribution is 2.23. The number of nitrogens with one attached hydrogen (secondary N) is 1. The lowest BCUT2D eigenvalue weighted by atomic mass is 10.0. The minimum atomic E-state index is -0.618. The first-order valence-electron chi connectivity index (χ1n) is 8.73. The van der Waals surface area contributed by atoms with Crippen LogP contribution in [0.3, 0.4) is 0 Å². The fourth-order valence-corrected chi connectivity index (χ4v) is 2.99. The summed E-state index contributed by atoms with van der Waals surface area (Å²) in [5, 5.41) is 12.1. The van der Waals surface area contributed by atoms with Crippen LogP contribution in [-0.2, 0) is 14.3 Å². The Morgan fingerprint density at radius 2 is 1.82 bits per heavy atom. The van der Waals surface area contributed by atoms with E-state index in [1.54, 1.807) is 48.5 Å². The fourth-order valence-electron chi connectivity index (χ4n) is 2.99. The van der Waals surface area contributed by atoms with Crippen LogP contribution in [0.25, 0.3) is 0 Å². The summed E-state index contributed by atoms with van der Waals surface area (Å²) in [6, 6.07) is 15.6. The third-order valence-corrected chi connectivity index (χ3v) is 4.38. The van der Waals surface area contributed by atoms with E-state index in [1.807, 2.05) is 6.07 Å². The molecule has 2 aromatic rings. The largest absolute Gasteiger partial charge is 0.466 e. The van der Waals surface area contributed by atoms with Crippen molar-refractivity contribution in [1.29, 1.82) is 0 Å². The Balaban J connectivity index is 1.88. The zero-order valence-corrected chi connectivity index (χ0v) is 15.3. The van der Waals surface area contributed by atoms with Gasteiger partial charge in [0.1, 0.15) is 5.70 Å². The van der Waals surface area contributed by atoms with Crippen LogP contribution in [0.5, 0.6) is 0 Å².